The van der Waals surface area contributed by atoms with Crippen LogP contribution in [-0.4, -0.2) is 18.7 Å². The lowest BCUT2D eigenvalue weighted by atomic mass is 9.52. The molecule has 82 valence electrons. The average Bonchev–Trinajstić information content (AvgIpc) is 2.27. The maximum atomic E-state index is 9.84. The van der Waals surface area contributed by atoms with Crippen LogP contribution in [-0.2, 0) is 4.65 Å². The van der Waals surface area contributed by atoms with Crippen molar-refractivity contribution in [2.75, 3.05) is 6.61 Å². The summed E-state index contributed by atoms with van der Waals surface area (Å²) in [6.07, 6.45) is 0. The van der Waals surface area contributed by atoms with Crippen molar-refractivity contribution in [1.29, 1.82) is 0 Å². The molecule has 0 aromatic rings. The summed E-state index contributed by atoms with van der Waals surface area (Å²) in [6, 6.07) is 0. The molecule has 2 atom stereocenters. The van der Waals surface area contributed by atoms with Crippen molar-refractivity contribution < 1.29 is 9.68 Å². The zero-order chi connectivity index (χ0) is 11.1. The highest BCUT2D eigenvalue weighted by molar-refractivity contribution is 6.46. The molecule has 0 bridgehead atoms. The van der Waals surface area contributed by atoms with Gasteiger partial charge in [-0.05, 0) is 16.7 Å². The first-order valence-electron chi connectivity index (χ1n) is 5.43. The van der Waals surface area contributed by atoms with E-state index in [1.165, 1.54) is 0 Å². The van der Waals surface area contributed by atoms with Crippen LogP contribution < -0.4 is 0 Å². The van der Waals surface area contributed by atoms with E-state index in [0.29, 0.717) is 12.5 Å². The lowest BCUT2D eigenvalue weighted by Crippen LogP contribution is -2.35. The molecular weight excluding hydrogens is 175 g/mol. The van der Waals surface area contributed by atoms with Crippen LogP contribution in [0, 0.1) is 16.7 Å². The third-order valence-electron chi connectivity index (χ3n) is 3.30. The van der Waals surface area contributed by atoms with E-state index in [1.807, 2.05) is 0 Å². The third-order valence-corrected chi connectivity index (χ3v) is 3.30. The summed E-state index contributed by atoms with van der Waals surface area (Å²) < 4.78 is 5.39. The first-order chi connectivity index (χ1) is 6.14. The summed E-state index contributed by atoms with van der Waals surface area (Å²) in [4.78, 5) is 0. The SMILES string of the molecule is CC(C)(C)C1COB(O)C1C(C)(C)C. The Balaban J connectivity index is 2.88. The van der Waals surface area contributed by atoms with Gasteiger partial charge in [-0.15, -0.1) is 0 Å². The third kappa shape index (κ3) is 2.32. The van der Waals surface area contributed by atoms with Gasteiger partial charge in [-0.25, -0.2) is 0 Å². The minimum atomic E-state index is -0.584. The number of rotatable bonds is 0. The molecule has 1 aliphatic rings. The maximum absolute atomic E-state index is 9.84. The molecule has 14 heavy (non-hydrogen) atoms. The Bertz CT molecular complexity index is 202. The molecule has 0 amide bonds. The molecule has 1 fully saturated rings. The first-order valence-corrected chi connectivity index (χ1v) is 5.43. The summed E-state index contributed by atoms with van der Waals surface area (Å²) in [5.41, 5.74) is 0.309. The molecule has 3 heteroatoms. The Morgan fingerprint density at radius 2 is 1.57 bits per heavy atom. The van der Waals surface area contributed by atoms with Crippen molar-refractivity contribution in [2.45, 2.75) is 47.4 Å². The molecular formula is C11H23BO2. The van der Waals surface area contributed by atoms with Crippen LogP contribution in [0.4, 0.5) is 0 Å². The fourth-order valence-electron chi connectivity index (χ4n) is 2.43. The molecule has 0 aromatic heterocycles. The fourth-order valence-corrected chi connectivity index (χ4v) is 2.43. The Labute approximate surface area is 88.2 Å². The van der Waals surface area contributed by atoms with Crippen molar-refractivity contribution in [3.05, 3.63) is 0 Å². The van der Waals surface area contributed by atoms with Gasteiger partial charge in [0.25, 0.3) is 0 Å². The van der Waals surface area contributed by atoms with Crippen LogP contribution in [0.15, 0.2) is 0 Å². The molecule has 0 aliphatic carbocycles. The summed E-state index contributed by atoms with van der Waals surface area (Å²) >= 11 is 0. The summed E-state index contributed by atoms with van der Waals surface area (Å²) in [6.45, 7) is 13.9. The minimum absolute atomic E-state index is 0.105. The van der Waals surface area contributed by atoms with Gasteiger partial charge in [0.1, 0.15) is 0 Å². The largest absolute Gasteiger partial charge is 0.458 e. The number of hydrogen-bond donors (Lipinski definition) is 1. The van der Waals surface area contributed by atoms with Gasteiger partial charge < -0.3 is 9.68 Å². The predicted molar refractivity (Wildman–Crippen MR) is 60.1 cm³/mol. The highest BCUT2D eigenvalue weighted by Crippen LogP contribution is 2.50. The molecule has 1 rings (SSSR count). The van der Waals surface area contributed by atoms with Crippen LogP contribution in [0.2, 0.25) is 5.82 Å². The lowest BCUT2D eigenvalue weighted by molar-refractivity contribution is 0.150. The highest BCUT2D eigenvalue weighted by Gasteiger charge is 2.50. The molecule has 0 aromatic carbocycles. The van der Waals surface area contributed by atoms with Gasteiger partial charge >= 0.3 is 7.12 Å². The highest BCUT2D eigenvalue weighted by atomic mass is 16.5. The van der Waals surface area contributed by atoms with Gasteiger partial charge in [-0.2, -0.15) is 0 Å². The van der Waals surface area contributed by atoms with Gasteiger partial charge in [0.05, 0.1) is 0 Å². The van der Waals surface area contributed by atoms with E-state index in [2.05, 4.69) is 41.5 Å². The Hall–Kier alpha value is -0.0151. The van der Waals surface area contributed by atoms with Crippen LogP contribution >= 0.6 is 0 Å². The van der Waals surface area contributed by atoms with Crippen molar-refractivity contribution in [3.63, 3.8) is 0 Å². The van der Waals surface area contributed by atoms with Crippen molar-refractivity contribution in [2.24, 2.45) is 16.7 Å². The van der Waals surface area contributed by atoms with E-state index in [-0.39, 0.29) is 16.6 Å². The molecule has 0 saturated carbocycles. The van der Waals surface area contributed by atoms with E-state index in [0.717, 1.165) is 0 Å². The van der Waals surface area contributed by atoms with Crippen LogP contribution in [0.1, 0.15) is 41.5 Å². The monoisotopic (exact) mass is 198 g/mol. The maximum Gasteiger partial charge on any atom is 0.458 e. The molecule has 1 aliphatic heterocycles. The molecule has 1 heterocycles. The van der Waals surface area contributed by atoms with Crippen LogP contribution in [0.25, 0.3) is 0 Å². The topological polar surface area (TPSA) is 29.5 Å². The van der Waals surface area contributed by atoms with Crippen molar-refractivity contribution in [1.82, 2.24) is 0 Å². The standard InChI is InChI=1S/C11H23BO2/c1-10(2,3)8-7-14-12(13)9(8)11(4,5)6/h8-9,13H,7H2,1-6H3. The second-order valence-electron chi connectivity index (χ2n) is 6.59. The van der Waals surface area contributed by atoms with Gasteiger partial charge in [0.15, 0.2) is 0 Å². The molecule has 2 nitrogen and oxygen atoms in total. The number of hydrogen-bond acceptors (Lipinski definition) is 2. The second kappa shape index (κ2) is 3.53. The Morgan fingerprint density at radius 3 is 1.86 bits per heavy atom. The van der Waals surface area contributed by atoms with E-state index >= 15 is 0 Å². The average molecular weight is 198 g/mol. The Morgan fingerprint density at radius 1 is 1.07 bits per heavy atom. The molecule has 0 radical (unpaired) electrons. The van der Waals surface area contributed by atoms with Gasteiger partial charge in [-0.3, -0.25) is 0 Å². The van der Waals surface area contributed by atoms with Gasteiger partial charge in [-0.1, -0.05) is 41.5 Å². The lowest BCUT2D eigenvalue weighted by Gasteiger charge is -2.38. The van der Waals surface area contributed by atoms with Gasteiger partial charge in [0.2, 0.25) is 0 Å². The quantitative estimate of drug-likeness (QED) is 0.606. The van der Waals surface area contributed by atoms with E-state index < -0.39 is 7.12 Å². The van der Waals surface area contributed by atoms with Gasteiger partial charge in [0, 0.05) is 12.4 Å². The van der Waals surface area contributed by atoms with Crippen LogP contribution in [0.3, 0.4) is 0 Å². The predicted octanol–water partition coefficient (Wildman–Crippen LogP) is 2.58. The summed E-state index contributed by atoms with van der Waals surface area (Å²) in [7, 11) is -0.584. The van der Waals surface area contributed by atoms with E-state index in [9.17, 15) is 5.02 Å². The van der Waals surface area contributed by atoms with E-state index in [4.69, 9.17) is 4.65 Å². The normalized spacial score (nSPS) is 29.8. The van der Waals surface area contributed by atoms with E-state index in [1.54, 1.807) is 0 Å². The molecule has 1 saturated heterocycles. The van der Waals surface area contributed by atoms with Crippen molar-refractivity contribution in [3.8, 4) is 0 Å². The summed E-state index contributed by atoms with van der Waals surface area (Å²) in [5, 5.41) is 9.84. The summed E-state index contributed by atoms with van der Waals surface area (Å²) in [5.74, 6) is 0.681. The second-order valence-corrected chi connectivity index (χ2v) is 6.59. The Kier molecular flexibility index (Phi) is 3.04. The van der Waals surface area contributed by atoms with Crippen molar-refractivity contribution >= 4 is 7.12 Å². The molecule has 0 spiro atoms. The van der Waals surface area contributed by atoms with Crippen LogP contribution in [0.5, 0.6) is 0 Å². The zero-order valence-corrected chi connectivity index (χ0v) is 10.3. The fraction of sp³-hybridized carbons (Fsp3) is 1.00. The minimum Gasteiger partial charge on any atom is -0.427 e. The zero-order valence-electron chi connectivity index (χ0n) is 10.3. The first kappa shape index (κ1) is 12.1. The molecule has 2 unspecified atom stereocenters. The smallest absolute Gasteiger partial charge is 0.427 e. The molecule has 1 N–H and O–H groups in total.